The lowest BCUT2D eigenvalue weighted by molar-refractivity contribution is -0.133. The Morgan fingerprint density at radius 3 is 2.65 bits per heavy atom. The van der Waals surface area contributed by atoms with Crippen LogP contribution >= 0.6 is 0 Å². The topological polar surface area (TPSA) is 80.2 Å². The third kappa shape index (κ3) is 6.31. The maximum atomic E-state index is 12.4. The van der Waals surface area contributed by atoms with Gasteiger partial charge in [0.05, 0.1) is 26.0 Å². The van der Waals surface area contributed by atoms with Crippen molar-refractivity contribution in [3.63, 3.8) is 0 Å². The van der Waals surface area contributed by atoms with Gasteiger partial charge in [0, 0.05) is 25.8 Å². The van der Waals surface area contributed by atoms with E-state index < -0.39 is 0 Å². The summed E-state index contributed by atoms with van der Waals surface area (Å²) in [5.74, 6) is 1.01. The molecule has 3 rings (SSSR count). The van der Waals surface area contributed by atoms with Crippen molar-refractivity contribution in [2.45, 2.75) is 39.2 Å². The summed E-state index contributed by atoms with van der Waals surface area (Å²) in [6.07, 6.45) is 1.89. The molecule has 1 N–H and O–H groups in total. The summed E-state index contributed by atoms with van der Waals surface area (Å²) in [6.45, 7) is 3.57. The number of amides is 2. The molecule has 0 fully saturated rings. The van der Waals surface area contributed by atoms with Crippen molar-refractivity contribution >= 4 is 17.5 Å². The molecule has 1 aliphatic heterocycles. The number of rotatable bonds is 10. The van der Waals surface area contributed by atoms with Gasteiger partial charge < -0.3 is 14.8 Å². The lowest BCUT2D eigenvalue weighted by Crippen LogP contribution is -2.27. The zero-order valence-electron chi connectivity index (χ0n) is 18.1. The quantitative estimate of drug-likeness (QED) is 0.634. The second-order valence-electron chi connectivity index (χ2n) is 7.29. The fourth-order valence-electron chi connectivity index (χ4n) is 3.26. The summed E-state index contributed by atoms with van der Waals surface area (Å²) in [4.78, 5) is 24.6. The van der Waals surface area contributed by atoms with Crippen molar-refractivity contribution in [2.75, 3.05) is 20.3 Å². The normalized spacial score (nSPS) is 13.0. The lowest BCUT2D eigenvalue weighted by Gasteiger charge is -2.13. The highest BCUT2D eigenvalue weighted by molar-refractivity contribution is 6.02. The smallest absolute Gasteiger partial charge is 0.243 e. The fourth-order valence-corrected chi connectivity index (χ4v) is 3.26. The molecular formula is C24H29N3O4. The monoisotopic (exact) mass is 423 g/mol. The van der Waals surface area contributed by atoms with Gasteiger partial charge in [-0.1, -0.05) is 43.3 Å². The minimum atomic E-state index is -0.176. The van der Waals surface area contributed by atoms with E-state index in [4.69, 9.17) is 9.47 Å². The molecule has 2 amide bonds. The zero-order valence-corrected chi connectivity index (χ0v) is 18.1. The minimum Gasteiger partial charge on any atom is -0.493 e. The summed E-state index contributed by atoms with van der Waals surface area (Å²) in [6, 6.07) is 15.4. The highest BCUT2D eigenvalue weighted by Crippen LogP contribution is 2.28. The van der Waals surface area contributed by atoms with Crippen LogP contribution in [0.15, 0.2) is 53.6 Å². The van der Waals surface area contributed by atoms with Crippen LogP contribution in [-0.2, 0) is 16.1 Å². The van der Waals surface area contributed by atoms with Crippen LogP contribution in [0.4, 0.5) is 0 Å². The average molecular weight is 424 g/mol. The SMILES string of the molecule is CCCOc1ccc(CNC(=O)CCC(=O)N2CCC(c3ccccc3)=N2)cc1OC. The molecule has 0 saturated carbocycles. The van der Waals surface area contributed by atoms with Crippen molar-refractivity contribution in [2.24, 2.45) is 5.10 Å². The van der Waals surface area contributed by atoms with Gasteiger partial charge in [-0.25, -0.2) is 5.01 Å². The van der Waals surface area contributed by atoms with E-state index in [9.17, 15) is 9.59 Å². The molecule has 0 atom stereocenters. The third-order valence-electron chi connectivity index (χ3n) is 4.94. The molecule has 0 bridgehead atoms. The Morgan fingerprint density at radius 2 is 1.90 bits per heavy atom. The fraction of sp³-hybridized carbons (Fsp3) is 0.375. The third-order valence-corrected chi connectivity index (χ3v) is 4.94. The van der Waals surface area contributed by atoms with E-state index in [1.165, 1.54) is 5.01 Å². The standard InChI is InChI=1S/C24H29N3O4/c1-3-15-31-21-10-9-18(16-22(21)30-2)17-25-23(28)11-12-24(29)27-14-13-20(26-27)19-7-5-4-6-8-19/h4-10,16H,3,11-15,17H2,1-2H3,(H,25,28). The predicted molar refractivity (Wildman–Crippen MR) is 119 cm³/mol. The molecule has 0 saturated heterocycles. The summed E-state index contributed by atoms with van der Waals surface area (Å²) in [7, 11) is 1.59. The summed E-state index contributed by atoms with van der Waals surface area (Å²) in [5.41, 5.74) is 2.83. The average Bonchev–Trinajstić information content (AvgIpc) is 3.31. The lowest BCUT2D eigenvalue weighted by atomic mass is 10.1. The Labute approximate surface area is 183 Å². The molecule has 0 unspecified atom stereocenters. The maximum Gasteiger partial charge on any atom is 0.243 e. The van der Waals surface area contributed by atoms with Crippen molar-refractivity contribution in [1.29, 1.82) is 0 Å². The van der Waals surface area contributed by atoms with Gasteiger partial charge in [-0.05, 0) is 29.7 Å². The first kappa shape index (κ1) is 22.3. The number of hydrogen-bond acceptors (Lipinski definition) is 5. The molecule has 31 heavy (non-hydrogen) atoms. The summed E-state index contributed by atoms with van der Waals surface area (Å²) < 4.78 is 11.0. The number of methoxy groups -OCH3 is 1. The molecule has 0 spiro atoms. The second-order valence-corrected chi connectivity index (χ2v) is 7.29. The van der Waals surface area contributed by atoms with Crippen LogP contribution in [0.2, 0.25) is 0 Å². The molecule has 0 aromatic heterocycles. The number of nitrogens with zero attached hydrogens (tertiary/aromatic N) is 2. The van der Waals surface area contributed by atoms with Gasteiger partial charge >= 0.3 is 0 Å². The molecule has 0 aliphatic carbocycles. The van der Waals surface area contributed by atoms with Crippen LogP contribution in [0, 0.1) is 0 Å². The highest BCUT2D eigenvalue weighted by Gasteiger charge is 2.21. The highest BCUT2D eigenvalue weighted by atomic mass is 16.5. The first-order valence-electron chi connectivity index (χ1n) is 10.6. The summed E-state index contributed by atoms with van der Waals surface area (Å²) in [5, 5.41) is 8.74. The predicted octanol–water partition coefficient (Wildman–Crippen LogP) is 3.52. The number of hydrazone groups is 1. The number of carbonyl (C=O) groups is 2. The van der Waals surface area contributed by atoms with E-state index in [0.29, 0.717) is 31.2 Å². The van der Waals surface area contributed by atoms with Gasteiger partial charge in [0.25, 0.3) is 0 Å². The van der Waals surface area contributed by atoms with E-state index in [1.807, 2.05) is 55.5 Å². The summed E-state index contributed by atoms with van der Waals surface area (Å²) >= 11 is 0. The van der Waals surface area contributed by atoms with E-state index >= 15 is 0 Å². The number of benzene rings is 2. The number of carbonyl (C=O) groups excluding carboxylic acids is 2. The molecule has 7 heteroatoms. The molecule has 1 aliphatic rings. The van der Waals surface area contributed by atoms with Crippen LogP contribution in [0.3, 0.4) is 0 Å². The maximum absolute atomic E-state index is 12.4. The Kier molecular flexibility index (Phi) is 8.04. The molecule has 1 heterocycles. The Hall–Kier alpha value is -3.35. The van der Waals surface area contributed by atoms with Gasteiger partial charge in [0.1, 0.15) is 0 Å². The van der Waals surface area contributed by atoms with E-state index in [2.05, 4.69) is 10.4 Å². The molecule has 0 radical (unpaired) electrons. The van der Waals surface area contributed by atoms with Crippen LogP contribution in [0.1, 0.15) is 43.7 Å². The van der Waals surface area contributed by atoms with Gasteiger partial charge in [0.2, 0.25) is 11.8 Å². The van der Waals surface area contributed by atoms with Crippen molar-refractivity contribution < 1.29 is 19.1 Å². The Morgan fingerprint density at radius 1 is 1.10 bits per heavy atom. The van der Waals surface area contributed by atoms with Crippen molar-refractivity contribution in [1.82, 2.24) is 10.3 Å². The molecule has 2 aromatic rings. The number of hydrogen-bond donors (Lipinski definition) is 1. The first-order chi connectivity index (χ1) is 15.1. The Bertz CT molecular complexity index is 928. The van der Waals surface area contributed by atoms with Crippen molar-refractivity contribution in [3.05, 3.63) is 59.7 Å². The van der Waals surface area contributed by atoms with E-state index in [0.717, 1.165) is 29.7 Å². The molecule has 2 aromatic carbocycles. The van der Waals surface area contributed by atoms with Gasteiger partial charge in [0.15, 0.2) is 11.5 Å². The van der Waals surface area contributed by atoms with Gasteiger partial charge in [-0.3, -0.25) is 9.59 Å². The molecule has 164 valence electrons. The van der Waals surface area contributed by atoms with Crippen LogP contribution in [-0.4, -0.2) is 42.8 Å². The van der Waals surface area contributed by atoms with Gasteiger partial charge in [-0.15, -0.1) is 0 Å². The van der Waals surface area contributed by atoms with E-state index in [1.54, 1.807) is 7.11 Å². The van der Waals surface area contributed by atoms with E-state index in [-0.39, 0.29) is 24.7 Å². The van der Waals surface area contributed by atoms with Crippen molar-refractivity contribution in [3.8, 4) is 11.5 Å². The molecule has 7 nitrogen and oxygen atoms in total. The van der Waals surface area contributed by atoms with Crippen LogP contribution in [0.5, 0.6) is 11.5 Å². The Balaban J connectivity index is 1.45. The minimum absolute atomic E-state index is 0.125. The largest absolute Gasteiger partial charge is 0.493 e. The molecular weight excluding hydrogens is 394 g/mol. The second kappa shape index (κ2) is 11.2. The van der Waals surface area contributed by atoms with Crippen LogP contribution in [0.25, 0.3) is 0 Å². The number of ether oxygens (including phenoxy) is 2. The van der Waals surface area contributed by atoms with Gasteiger partial charge in [-0.2, -0.15) is 5.10 Å². The van der Waals surface area contributed by atoms with Crippen LogP contribution < -0.4 is 14.8 Å². The zero-order chi connectivity index (χ0) is 22.1. The number of nitrogens with one attached hydrogen (secondary N) is 1. The first-order valence-corrected chi connectivity index (χ1v) is 10.6.